The van der Waals surface area contributed by atoms with E-state index in [0.717, 1.165) is 27.6 Å². The summed E-state index contributed by atoms with van der Waals surface area (Å²) in [5.74, 6) is 0. The van der Waals surface area contributed by atoms with Crippen LogP contribution in [0.5, 0.6) is 0 Å². The van der Waals surface area contributed by atoms with Crippen LogP contribution in [0, 0.1) is 0 Å². The Morgan fingerprint density at radius 2 is 2.06 bits per heavy atom. The number of halogens is 2. The van der Waals surface area contributed by atoms with Gasteiger partial charge in [0.05, 0.1) is 0 Å². The van der Waals surface area contributed by atoms with Crippen LogP contribution in [0.2, 0.25) is 0 Å². The minimum atomic E-state index is 0.890. The third kappa shape index (κ3) is 3.82. The first-order valence-electron chi connectivity index (χ1n) is 5.33. The molecule has 0 saturated heterocycles. The van der Waals surface area contributed by atoms with Gasteiger partial charge in [0.15, 0.2) is 0 Å². The van der Waals surface area contributed by atoms with Gasteiger partial charge in [0.1, 0.15) is 0 Å². The smallest absolute Gasteiger partial charge is 0.0496 e. The van der Waals surface area contributed by atoms with Crippen molar-refractivity contribution in [1.29, 1.82) is 0 Å². The van der Waals surface area contributed by atoms with E-state index in [9.17, 15) is 0 Å². The van der Waals surface area contributed by atoms with Crippen LogP contribution < -0.4 is 5.32 Å². The molecule has 1 heterocycles. The second-order valence-electron chi connectivity index (χ2n) is 3.66. The summed E-state index contributed by atoms with van der Waals surface area (Å²) in [6.07, 6.45) is 4.66. The average molecular weight is 356 g/mol. The molecule has 0 fully saturated rings. The van der Waals surface area contributed by atoms with Crippen molar-refractivity contribution in [2.75, 3.05) is 11.9 Å². The minimum Gasteiger partial charge on any atom is -0.384 e. The predicted molar refractivity (Wildman–Crippen MR) is 78.3 cm³/mol. The average Bonchev–Trinajstić information content (AvgIpc) is 2.35. The Balaban J connectivity index is 1.92. The van der Waals surface area contributed by atoms with Crippen LogP contribution in [-0.4, -0.2) is 11.5 Å². The summed E-state index contributed by atoms with van der Waals surface area (Å²) in [6.45, 7) is 0.890. The van der Waals surface area contributed by atoms with Gasteiger partial charge in [-0.15, -0.1) is 0 Å². The third-order valence-electron chi connectivity index (χ3n) is 2.38. The van der Waals surface area contributed by atoms with Crippen molar-refractivity contribution in [3.8, 4) is 0 Å². The van der Waals surface area contributed by atoms with Crippen LogP contribution in [0.1, 0.15) is 5.56 Å². The summed E-state index contributed by atoms with van der Waals surface area (Å²) >= 11 is 6.98. The lowest BCUT2D eigenvalue weighted by Crippen LogP contribution is -2.05. The lowest BCUT2D eigenvalue weighted by molar-refractivity contribution is 1.00. The lowest BCUT2D eigenvalue weighted by atomic mass is 10.2. The van der Waals surface area contributed by atoms with Gasteiger partial charge in [-0.25, -0.2) is 0 Å². The SMILES string of the molecule is Brc1ccc(Br)c(NCCc2cccnc2)c1. The zero-order valence-electron chi connectivity index (χ0n) is 9.16. The summed E-state index contributed by atoms with van der Waals surface area (Å²) in [4.78, 5) is 4.10. The zero-order chi connectivity index (χ0) is 12.1. The van der Waals surface area contributed by atoms with Crippen LogP contribution in [0.25, 0.3) is 0 Å². The first-order chi connectivity index (χ1) is 8.25. The van der Waals surface area contributed by atoms with Crippen molar-refractivity contribution in [2.24, 2.45) is 0 Å². The molecule has 1 aromatic heterocycles. The van der Waals surface area contributed by atoms with Crippen LogP contribution in [0.3, 0.4) is 0 Å². The molecule has 4 heteroatoms. The molecule has 1 aromatic carbocycles. The van der Waals surface area contributed by atoms with E-state index in [1.165, 1.54) is 5.56 Å². The highest BCUT2D eigenvalue weighted by atomic mass is 79.9. The summed E-state index contributed by atoms with van der Waals surface area (Å²) in [7, 11) is 0. The van der Waals surface area contributed by atoms with E-state index < -0.39 is 0 Å². The first kappa shape index (κ1) is 12.6. The fourth-order valence-corrected chi connectivity index (χ4v) is 2.27. The van der Waals surface area contributed by atoms with Gasteiger partial charge >= 0.3 is 0 Å². The van der Waals surface area contributed by atoms with E-state index in [-0.39, 0.29) is 0 Å². The Bertz CT molecular complexity index is 486. The molecule has 0 aliphatic heterocycles. The number of hydrogen-bond acceptors (Lipinski definition) is 2. The summed E-state index contributed by atoms with van der Waals surface area (Å²) in [6, 6.07) is 10.1. The topological polar surface area (TPSA) is 24.9 Å². The second kappa shape index (κ2) is 6.17. The van der Waals surface area contributed by atoms with Crippen molar-refractivity contribution in [2.45, 2.75) is 6.42 Å². The quantitative estimate of drug-likeness (QED) is 0.886. The molecule has 0 radical (unpaired) electrons. The predicted octanol–water partition coefficient (Wildman–Crippen LogP) is 4.26. The molecule has 0 aliphatic rings. The maximum Gasteiger partial charge on any atom is 0.0496 e. The van der Waals surface area contributed by atoms with Crippen molar-refractivity contribution < 1.29 is 0 Å². The summed E-state index contributed by atoms with van der Waals surface area (Å²) < 4.78 is 2.15. The molecule has 17 heavy (non-hydrogen) atoms. The summed E-state index contributed by atoms with van der Waals surface area (Å²) in [5.41, 5.74) is 2.34. The van der Waals surface area contributed by atoms with Gasteiger partial charge in [-0.3, -0.25) is 4.98 Å². The number of rotatable bonds is 4. The molecule has 0 bridgehead atoms. The monoisotopic (exact) mass is 354 g/mol. The maximum absolute atomic E-state index is 4.10. The Hall–Kier alpha value is -0.870. The maximum atomic E-state index is 4.10. The van der Waals surface area contributed by atoms with Gasteiger partial charge in [0, 0.05) is 33.6 Å². The fraction of sp³-hybridized carbons (Fsp3) is 0.154. The van der Waals surface area contributed by atoms with Gasteiger partial charge in [0.2, 0.25) is 0 Å². The largest absolute Gasteiger partial charge is 0.384 e. The number of aromatic nitrogens is 1. The number of benzene rings is 1. The summed E-state index contributed by atoms with van der Waals surface area (Å²) in [5, 5.41) is 3.40. The highest BCUT2D eigenvalue weighted by Crippen LogP contribution is 2.25. The number of anilines is 1. The van der Waals surface area contributed by atoms with Gasteiger partial charge in [0.25, 0.3) is 0 Å². The van der Waals surface area contributed by atoms with Gasteiger partial charge in [-0.05, 0) is 52.2 Å². The van der Waals surface area contributed by atoms with Crippen molar-refractivity contribution in [3.05, 3.63) is 57.2 Å². The Morgan fingerprint density at radius 3 is 2.82 bits per heavy atom. The molecule has 1 N–H and O–H groups in total. The molecule has 0 unspecified atom stereocenters. The molecule has 0 spiro atoms. The van der Waals surface area contributed by atoms with E-state index in [4.69, 9.17) is 0 Å². The van der Waals surface area contributed by atoms with E-state index >= 15 is 0 Å². The fourth-order valence-electron chi connectivity index (χ4n) is 1.52. The van der Waals surface area contributed by atoms with Crippen molar-refractivity contribution in [1.82, 2.24) is 4.98 Å². The van der Waals surface area contributed by atoms with Gasteiger partial charge in [-0.1, -0.05) is 22.0 Å². The van der Waals surface area contributed by atoms with Crippen molar-refractivity contribution in [3.63, 3.8) is 0 Å². The van der Waals surface area contributed by atoms with Gasteiger partial charge in [-0.2, -0.15) is 0 Å². The standard InChI is InChI=1S/C13H12Br2N2/c14-11-3-4-12(15)13(8-11)17-7-5-10-2-1-6-16-9-10/h1-4,6,8-9,17H,5,7H2. The molecule has 88 valence electrons. The number of nitrogens with zero attached hydrogens (tertiary/aromatic N) is 1. The molecular formula is C13H12Br2N2. The Kier molecular flexibility index (Phi) is 4.57. The van der Waals surface area contributed by atoms with E-state index in [0.29, 0.717) is 0 Å². The molecule has 0 amide bonds. The number of hydrogen-bond donors (Lipinski definition) is 1. The van der Waals surface area contributed by atoms with E-state index in [2.05, 4.69) is 54.3 Å². The number of nitrogens with one attached hydrogen (secondary N) is 1. The molecule has 0 saturated carbocycles. The van der Waals surface area contributed by atoms with Gasteiger partial charge < -0.3 is 5.32 Å². The molecule has 0 aliphatic carbocycles. The van der Waals surface area contributed by atoms with Crippen molar-refractivity contribution >= 4 is 37.5 Å². The highest BCUT2D eigenvalue weighted by molar-refractivity contribution is 9.11. The third-order valence-corrected chi connectivity index (χ3v) is 3.57. The number of pyridine rings is 1. The van der Waals surface area contributed by atoms with E-state index in [1.54, 1.807) is 6.20 Å². The lowest BCUT2D eigenvalue weighted by Gasteiger charge is -2.08. The molecule has 2 aromatic rings. The van der Waals surface area contributed by atoms with Crippen LogP contribution in [0.15, 0.2) is 51.7 Å². The first-order valence-corrected chi connectivity index (χ1v) is 6.92. The van der Waals surface area contributed by atoms with Crippen LogP contribution >= 0.6 is 31.9 Å². The second-order valence-corrected chi connectivity index (χ2v) is 5.43. The zero-order valence-corrected chi connectivity index (χ0v) is 12.3. The Morgan fingerprint density at radius 1 is 1.18 bits per heavy atom. The van der Waals surface area contributed by atoms with E-state index in [1.807, 2.05) is 24.4 Å². The Labute approximate surface area is 118 Å². The van der Waals surface area contributed by atoms with Crippen LogP contribution in [-0.2, 0) is 6.42 Å². The molecular weight excluding hydrogens is 344 g/mol. The normalized spacial score (nSPS) is 10.2. The molecule has 2 nitrogen and oxygen atoms in total. The molecule has 2 rings (SSSR count). The highest BCUT2D eigenvalue weighted by Gasteiger charge is 2.00. The van der Waals surface area contributed by atoms with Crippen LogP contribution in [0.4, 0.5) is 5.69 Å². The minimum absolute atomic E-state index is 0.890. The molecule has 0 atom stereocenters.